The molecule has 2 aromatic rings. The van der Waals surface area contributed by atoms with Gasteiger partial charge >= 0.3 is 0 Å². The Morgan fingerprint density at radius 2 is 1.81 bits per heavy atom. The number of carbonyl (C=O) groups is 3. The maximum Gasteiger partial charge on any atom is 0.290 e. The average molecular weight is 382 g/mol. The van der Waals surface area contributed by atoms with E-state index in [1.54, 1.807) is 30.3 Å². The highest BCUT2D eigenvalue weighted by Gasteiger charge is 2.24. The number of carbonyl (C=O) groups excluding carboxylic acids is 3. The standard InChI is InChI=1S/C20H18N2O4S/c23-12-16(10-13-4-2-1-3-5-13)21-18(24)15-8-6-14(7-9-15)11-17-19(25)22-20(26)27-17/h1-9,11,16,23H,10,12H2,(H,21,24)(H,22,25,26). The van der Waals surface area contributed by atoms with Gasteiger partial charge in [0.1, 0.15) is 0 Å². The van der Waals surface area contributed by atoms with E-state index in [0.29, 0.717) is 22.5 Å². The van der Waals surface area contributed by atoms with Crippen molar-refractivity contribution in [3.05, 3.63) is 76.2 Å². The molecule has 2 aromatic carbocycles. The molecule has 1 heterocycles. The Bertz CT molecular complexity index is 879. The highest BCUT2D eigenvalue weighted by Crippen LogP contribution is 2.25. The Morgan fingerprint density at radius 3 is 2.41 bits per heavy atom. The lowest BCUT2D eigenvalue weighted by molar-refractivity contribution is -0.115. The number of imide groups is 1. The summed E-state index contributed by atoms with van der Waals surface area (Å²) in [5.74, 6) is -0.703. The van der Waals surface area contributed by atoms with Gasteiger partial charge in [0.25, 0.3) is 17.1 Å². The minimum absolute atomic E-state index is 0.162. The third-order valence-electron chi connectivity index (χ3n) is 3.99. The molecule has 3 N–H and O–H groups in total. The minimum atomic E-state index is -0.418. The maximum absolute atomic E-state index is 12.4. The molecule has 0 aliphatic carbocycles. The van der Waals surface area contributed by atoms with E-state index < -0.39 is 11.1 Å². The number of aliphatic hydroxyl groups is 1. The van der Waals surface area contributed by atoms with E-state index in [0.717, 1.165) is 17.3 Å². The van der Waals surface area contributed by atoms with Crippen LogP contribution in [-0.2, 0) is 11.2 Å². The van der Waals surface area contributed by atoms with Crippen LogP contribution in [0.4, 0.5) is 4.79 Å². The molecule has 138 valence electrons. The molecule has 1 atom stereocenters. The molecule has 0 saturated carbocycles. The number of amides is 3. The maximum atomic E-state index is 12.4. The molecule has 27 heavy (non-hydrogen) atoms. The predicted molar refractivity (Wildman–Crippen MR) is 104 cm³/mol. The predicted octanol–water partition coefficient (Wildman–Crippen LogP) is 2.34. The number of hydrogen-bond donors (Lipinski definition) is 3. The Kier molecular flexibility index (Phi) is 6.05. The second-order valence-electron chi connectivity index (χ2n) is 6.02. The highest BCUT2D eigenvalue weighted by atomic mass is 32.2. The van der Waals surface area contributed by atoms with Crippen molar-refractivity contribution in [1.82, 2.24) is 10.6 Å². The molecule has 1 saturated heterocycles. The molecule has 1 unspecified atom stereocenters. The Balaban J connectivity index is 1.64. The van der Waals surface area contributed by atoms with E-state index in [1.165, 1.54) is 0 Å². The molecule has 7 heteroatoms. The van der Waals surface area contributed by atoms with Gasteiger partial charge in [-0.15, -0.1) is 0 Å². The van der Waals surface area contributed by atoms with Crippen molar-refractivity contribution in [1.29, 1.82) is 0 Å². The summed E-state index contributed by atoms with van der Waals surface area (Å²) in [5.41, 5.74) is 2.19. The summed E-state index contributed by atoms with van der Waals surface area (Å²) in [6.07, 6.45) is 2.13. The van der Waals surface area contributed by atoms with E-state index in [1.807, 2.05) is 30.3 Å². The summed E-state index contributed by atoms with van der Waals surface area (Å²) in [6, 6.07) is 15.9. The van der Waals surface area contributed by atoms with Crippen LogP contribution in [0.1, 0.15) is 21.5 Å². The van der Waals surface area contributed by atoms with E-state index in [-0.39, 0.29) is 18.6 Å². The van der Waals surface area contributed by atoms with Gasteiger partial charge < -0.3 is 10.4 Å². The van der Waals surface area contributed by atoms with Crippen LogP contribution in [-0.4, -0.2) is 34.8 Å². The minimum Gasteiger partial charge on any atom is -0.394 e. The van der Waals surface area contributed by atoms with Crippen molar-refractivity contribution in [2.45, 2.75) is 12.5 Å². The zero-order valence-corrected chi connectivity index (χ0v) is 15.2. The van der Waals surface area contributed by atoms with Crippen molar-refractivity contribution in [2.75, 3.05) is 6.61 Å². The fourth-order valence-corrected chi connectivity index (χ4v) is 3.31. The van der Waals surface area contributed by atoms with Gasteiger partial charge in [0.15, 0.2) is 0 Å². The number of hydrogen-bond acceptors (Lipinski definition) is 5. The third-order valence-corrected chi connectivity index (χ3v) is 4.80. The quantitative estimate of drug-likeness (QED) is 0.667. The van der Waals surface area contributed by atoms with E-state index >= 15 is 0 Å². The van der Waals surface area contributed by atoms with E-state index in [2.05, 4.69) is 10.6 Å². The van der Waals surface area contributed by atoms with Gasteiger partial charge in [-0.25, -0.2) is 0 Å². The molecule has 1 aliphatic rings. The molecule has 0 bridgehead atoms. The van der Waals surface area contributed by atoms with Crippen LogP contribution in [0.2, 0.25) is 0 Å². The van der Waals surface area contributed by atoms with Crippen LogP contribution in [0.25, 0.3) is 6.08 Å². The molecule has 1 fully saturated rings. The lowest BCUT2D eigenvalue weighted by Gasteiger charge is -2.16. The van der Waals surface area contributed by atoms with Crippen molar-refractivity contribution in [2.24, 2.45) is 0 Å². The first-order chi connectivity index (χ1) is 13.0. The number of aliphatic hydroxyl groups excluding tert-OH is 1. The number of benzene rings is 2. The van der Waals surface area contributed by atoms with Gasteiger partial charge in [0.2, 0.25) is 0 Å². The van der Waals surface area contributed by atoms with Crippen LogP contribution in [0.5, 0.6) is 0 Å². The average Bonchev–Trinajstić information content (AvgIpc) is 2.99. The van der Waals surface area contributed by atoms with Crippen LogP contribution in [0.15, 0.2) is 59.5 Å². The number of rotatable bonds is 6. The van der Waals surface area contributed by atoms with Gasteiger partial charge in [-0.1, -0.05) is 42.5 Å². The Morgan fingerprint density at radius 1 is 1.11 bits per heavy atom. The smallest absolute Gasteiger partial charge is 0.290 e. The van der Waals surface area contributed by atoms with Crippen molar-refractivity contribution < 1.29 is 19.5 Å². The lowest BCUT2D eigenvalue weighted by atomic mass is 10.1. The zero-order chi connectivity index (χ0) is 19.2. The zero-order valence-electron chi connectivity index (χ0n) is 14.3. The molecular weight excluding hydrogens is 364 g/mol. The van der Waals surface area contributed by atoms with Crippen LogP contribution < -0.4 is 10.6 Å². The normalized spacial score (nSPS) is 16.3. The Hall–Kier alpha value is -2.90. The Labute approximate surface area is 160 Å². The topological polar surface area (TPSA) is 95.5 Å². The lowest BCUT2D eigenvalue weighted by Crippen LogP contribution is -2.39. The first-order valence-electron chi connectivity index (χ1n) is 8.35. The van der Waals surface area contributed by atoms with Crippen LogP contribution >= 0.6 is 11.8 Å². The molecule has 3 amide bonds. The third kappa shape index (κ3) is 5.06. The van der Waals surface area contributed by atoms with Gasteiger partial charge in [0.05, 0.1) is 17.6 Å². The monoisotopic (exact) mass is 382 g/mol. The summed E-state index contributed by atoms with van der Waals surface area (Å²) >= 11 is 0.846. The summed E-state index contributed by atoms with van der Waals surface area (Å²) in [4.78, 5) is 35.5. The molecular formula is C20H18N2O4S. The number of thioether (sulfide) groups is 1. The largest absolute Gasteiger partial charge is 0.394 e. The second-order valence-corrected chi connectivity index (χ2v) is 7.03. The fraction of sp³-hybridized carbons (Fsp3) is 0.150. The first kappa shape index (κ1) is 18.9. The molecule has 0 aromatic heterocycles. The summed E-state index contributed by atoms with van der Waals surface area (Å²) in [7, 11) is 0. The summed E-state index contributed by atoms with van der Waals surface area (Å²) in [5, 5.41) is 14.2. The van der Waals surface area contributed by atoms with Gasteiger partial charge in [-0.3, -0.25) is 19.7 Å². The fourth-order valence-electron chi connectivity index (χ4n) is 2.63. The van der Waals surface area contributed by atoms with Crippen LogP contribution in [0.3, 0.4) is 0 Å². The summed E-state index contributed by atoms with van der Waals surface area (Å²) < 4.78 is 0. The molecule has 0 spiro atoms. The van der Waals surface area contributed by atoms with Crippen molar-refractivity contribution in [3.8, 4) is 0 Å². The van der Waals surface area contributed by atoms with Crippen LogP contribution in [0, 0.1) is 0 Å². The number of nitrogens with one attached hydrogen (secondary N) is 2. The van der Waals surface area contributed by atoms with E-state index in [4.69, 9.17) is 0 Å². The van der Waals surface area contributed by atoms with E-state index in [9.17, 15) is 19.5 Å². The van der Waals surface area contributed by atoms with Gasteiger partial charge in [-0.2, -0.15) is 0 Å². The molecule has 0 radical (unpaired) electrons. The van der Waals surface area contributed by atoms with Gasteiger partial charge in [-0.05, 0) is 47.5 Å². The summed E-state index contributed by atoms with van der Waals surface area (Å²) in [6.45, 7) is -0.162. The van der Waals surface area contributed by atoms with Crippen molar-refractivity contribution >= 4 is 34.9 Å². The SMILES string of the molecule is O=C1NC(=O)C(=Cc2ccc(C(=O)NC(CO)Cc3ccccc3)cc2)S1. The second kappa shape index (κ2) is 8.66. The molecule has 6 nitrogen and oxygen atoms in total. The molecule has 1 aliphatic heterocycles. The van der Waals surface area contributed by atoms with Gasteiger partial charge in [0, 0.05) is 5.56 Å². The van der Waals surface area contributed by atoms with Crippen molar-refractivity contribution in [3.63, 3.8) is 0 Å². The first-order valence-corrected chi connectivity index (χ1v) is 9.17. The highest BCUT2D eigenvalue weighted by molar-refractivity contribution is 8.18. The molecule has 3 rings (SSSR count).